The number of carbonyl (C=O) groups is 1. The molecule has 0 spiro atoms. The van der Waals surface area contributed by atoms with Crippen molar-refractivity contribution in [3.8, 4) is 5.88 Å². The number of carbonyl (C=O) groups excluding carboxylic acids is 1. The van der Waals surface area contributed by atoms with Crippen LogP contribution < -0.4 is 4.74 Å². The number of rotatable bonds is 3. The summed E-state index contributed by atoms with van der Waals surface area (Å²) in [4.78, 5) is 19.2. The summed E-state index contributed by atoms with van der Waals surface area (Å²) in [6, 6.07) is 13.4. The van der Waals surface area contributed by atoms with Gasteiger partial charge in [-0.25, -0.2) is 4.98 Å². The molecule has 2 atom stereocenters. The Labute approximate surface area is 146 Å². The summed E-state index contributed by atoms with van der Waals surface area (Å²) >= 11 is 6.21. The molecule has 2 saturated heterocycles. The first-order valence-electron chi connectivity index (χ1n) is 8.37. The summed E-state index contributed by atoms with van der Waals surface area (Å²) in [7, 11) is 0. The minimum Gasteiger partial charge on any atom is -0.474 e. The first-order valence-corrected chi connectivity index (χ1v) is 8.75. The lowest BCUT2D eigenvalue weighted by molar-refractivity contribution is 0.0348. The lowest BCUT2D eigenvalue weighted by Gasteiger charge is -2.38. The maximum absolute atomic E-state index is 12.9. The minimum atomic E-state index is 0.0457. The summed E-state index contributed by atoms with van der Waals surface area (Å²) in [6.07, 6.45) is 5.62. The van der Waals surface area contributed by atoms with Gasteiger partial charge in [-0.2, -0.15) is 0 Å². The van der Waals surface area contributed by atoms with Crippen molar-refractivity contribution < 1.29 is 9.53 Å². The van der Waals surface area contributed by atoms with E-state index >= 15 is 0 Å². The molecule has 2 aromatic rings. The third-order valence-corrected chi connectivity index (χ3v) is 5.28. The van der Waals surface area contributed by atoms with E-state index in [9.17, 15) is 4.79 Å². The number of hydrogen-bond acceptors (Lipinski definition) is 3. The molecule has 0 radical (unpaired) electrons. The highest BCUT2D eigenvalue weighted by Crippen LogP contribution is 2.38. The fourth-order valence-electron chi connectivity index (χ4n) is 3.92. The van der Waals surface area contributed by atoms with Gasteiger partial charge in [-0.3, -0.25) is 4.79 Å². The Kier molecular flexibility index (Phi) is 4.15. The van der Waals surface area contributed by atoms with Crippen LogP contribution in [0.4, 0.5) is 0 Å². The molecule has 1 amide bonds. The van der Waals surface area contributed by atoms with Gasteiger partial charge in [0.05, 0.1) is 10.6 Å². The second-order valence-corrected chi connectivity index (χ2v) is 6.86. The number of benzene rings is 1. The van der Waals surface area contributed by atoms with E-state index < -0.39 is 0 Å². The van der Waals surface area contributed by atoms with Gasteiger partial charge >= 0.3 is 0 Å². The minimum absolute atomic E-state index is 0.0457. The molecule has 2 aliphatic heterocycles. The molecule has 1 aromatic heterocycles. The molecule has 4 rings (SSSR count). The van der Waals surface area contributed by atoms with E-state index in [4.69, 9.17) is 16.3 Å². The van der Waals surface area contributed by atoms with Crippen molar-refractivity contribution in [1.82, 2.24) is 9.88 Å². The Balaban J connectivity index is 1.49. The summed E-state index contributed by atoms with van der Waals surface area (Å²) in [5.74, 6) is 0.706. The number of piperidine rings is 1. The SMILES string of the molecule is O=C(c1ccccc1Cl)N1C2CCC1CC(Oc1ccccn1)C2. The van der Waals surface area contributed by atoms with Crippen LogP contribution in [0.3, 0.4) is 0 Å². The molecule has 2 bridgehead atoms. The number of ether oxygens (including phenoxy) is 1. The van der Waals surface area contributed by atoms with Crippen LogP contribution in [0.2, 0.25) is 5.02 Å². The first-order chi connectivity index (χ1) is 11.7. The van der Waals surface area contributed by atoms with Crippen molar-refractivity contribution in [3.05, 3.63) is 59.2 Å². The molecular formula is C19H19ClN2O2. The van der Waals surface area contributed by atoms with Crippen molar-refractivity contribution in [2.24, 2.45) is 0 Å². The van der Waals surface area contributed by atoms with Gasteiger partial charge < -0.3 is 9.64 Å². The van der Waals surface area contributed by atoms with Gasteiger partial charge in [0.15, 0.2) is 0 Å². The van der Waals surface area contributed by atoms with Crippen LogP contribution in [0.1, 0.15) is 36.0 Å². The van der Waals surface area contributed by atoms with Gasteiger partial charge in [0.2, 0.25) is 5.88 Å². The number of halogens is 1. The van der Waals surface area contributed by atoms with Gasteiger partial charge in [0.1, 0.15) is 6.10 Å². The third-order valence-electron chi connectivity index (χ3n) is 4.95. The van der Waals surface area contributed by atoms with Gasteiger partial charge in [0.25, 0.3) is 5.91 Å². The van der Waals surface area contributed by atoms with Gasteiger partial charge in [0, 0.05) is 37.2 Å². The number of hydrogen-bond donors (Lipinski definition) is 0. The van der Waals surface area contributed by atoms with Crippen molar-refractivity contribution in [2.45, 2.75) is 43.9 Å². The molecule has 24 heavy (non-hydrogen) atoms. The number of fused-ring (bicyclic) bond motifs is 2. The highest BCUT2D eigenvalue weighted by molar-refractivity contribution is 6.33. The maximum Gasteiger partial charge on any atom is 0.255 e. The Morgan fingerprint density at radius 3 is 2.46 bits per heavy atom. The summed E-state index contributed by atoms with van der Waals surface area (Å²) < 4.78 is 6.02. The maximum atomic E-state index is 12.9. The van der Waals surface area contributed by atoms with Gasteiger partial charge in [-0.15, -0.1) is 0 Å². The fourth-order valence-corrected chi connectivity index (χ4v) is 4.13. The number of nitrogens with zero attached hydrogens (tertiary/aromatic N) is 2. The summed E-state index contributed by atoms with van der Waals surface area (Å²) in [5, 5.41) is 0.522. The smallest absolute Gasteiger partial charge is 0.255 e. The highest BCUT2D eigenvalue weighted by Gasteiger charge is 2.44. The number of aromatic nitrogens is 1. The lowest BCUT2D eigenvalue weighted by Crippen LogP contribution is -2.49. The van der Waals surface area contributed by atoms with E-state index in [2.05, 4.69) is 4.98 Å². The van der Waals surface area contributed by atoms with Crippen LogP contribution in [-0.2, 0) is 0 Å². The first kappa shape index (κ1) is 15.5. The quantitative estimate of drug-likeness (QED) is 0.848. The van der Waals surface area contributed by atoms with Crippen LogP contribution in [0.15, 0.2) is 48.7 Å². The molecule has 2 aliphatic rings. The predicted molar refractivity (Wildman–Crippen MR) is 92.3 cm³/mol. The zero-order valence-corrected chi connectivity index (χ0v) is 14.0. The van der Waals surface area contributed by atoms with E-state index in [1.54, 1.807) is 18.3 Å². The Morgan fingerprint density at radius 2 is 1.79 bits per heavy atom. The molecule has 0 aliphatic carbocycles. The number of pyridine rings is 1. The van der Waals surface area contributed by atoms with Crippen LogP contribution in [0, 0.1) is 0 Å². The Bertz CT molecular complexity index is 723. The topological polar surface area (TPSA) is 42.4 Å². The van der Waals surface area contributed by atoms with E-state index in [1.165, 1.54) is 0 Å². The van der Waals surface area contributed by atoms with Crippen LogP contribution in [-0.4, -0.2) is 34.0 Å². The zero-order valence-electron chi connectivity index (χ0n) is 13.3. The largest absolute Gasteiger partial charge is 0.474 e. The third kappa shape index (κ3) is 2.86. The Morgan fingerprint density at radius 1 is 1.08 bits per heavy atom. The number of amides is 1. The molecule has 3 heterocycles. The molecule has 4 nitrogen and oxygen atoms in total. The average Bonchev–Trinajstić information content (AvgIpc) is 2.86. The lowest BCUT2D eigenvalue weighted by atomic mass is 9.98. The van der Waals surface area contributed by atoms with E-state index in [0.29, 0.717) is 16.5 Å². The molecule has 2 fully saturated rings. The van der Waals surface area contributed by atoms with Gasteiger partial charge in [-0.05, 0) is 31.0 Å². The summed E-state index contributed by atoms with van der Waals surface area (Å²) in [5.41, 5.74) is 0.597. The fraction of sp³-hybridized carbons (Fsp3) is 0.368. The van der Waals surface area contributed by atoms with E-state index in [0.717, 1.165) is 25.7 Å². The molecule has 124 valence electrons. The van der Waals surface area contributed by atoms with Crippen molar-refractivity contribution in [3.63, 3.8) is 0 Å². The second kappa shape index (κ2) is 6.44. The van der Waals surface area contributed by atoms with Crippen molar-refractivity contribution >= 4 is 17.5 Å². The predicted octanol–water partition coefficient (Wildman–Crippen LogP) is 3.95. The molecular weight excluding hydrogens is 324 g/mol. The second-order valence-electron chi connectivity index (χ2n) is 6.46. The standard InChI is InChI=1S/C19H19ClN2O2/c20-17-6-2-1-5-16(17)19(23)22-13-8-9-14(22)12-15(11-13)24-18-7-3-4-10-21-18/h1-7,10,13-15H,8-9,11-12H2. The van der Waals surface area contributed by atoms with Crippen LogP contribution >= 0.6 is 11.6 Å². The van der Waals surface area contributed by atoms with Crippen molar-refractivity contribution in [2.75, 3.05) is 0 Å². The zero-order chi connectivity index (χ0) is 16.5. The molecule has 2 unspecified atom stereocenters. The molecule has 5 heteroatoms. The highest BCUT2D eigenvalue weighted by atomic mass is 35.5. The average molecular weight is 343 g/mol. The Hall–Kier alpha value is -2.07. The normalized spacial score (nSPS) is 25.5. The molecule has 0 N–H and O–H groups in total. The van der Waals surface area contributed by atoms with Crippen molar-refractivity contribution in [1.29, 1.82) is 0 Å². The van der Waals surface area contributed by atoms with Crippen LogP contribution in [0.5, 0.6) is 5.88 Å². The molecule has 0 saturated carbocycles. The van der Waals surface area contributed by atoms with Crippen LogP contribution in [0.25, 0.3) is 0 Å². The summed E-state index contributed by atoms with van der Waals surface area (Å²) in [6.45, 7) is 0. The van der Waals surface area contributed by atoms with E-state index in [1.807, 2.05) is 35.2 Å². The molecule has 1 aromatic carbocycles. The van der Waals surface area contributed by atoms with Gasteiger partial charge in [-0.1, -0.05) is 29.8 Å². The van der Waals surface area contributed by atoms with E-state index in [-0.39, 0.29) is 24.1 Å². The monoisotopic (exact) mass is 342 g/mol.